The Bertz CT molecular complexity index is 513. The molecule has 0 heterocycles. The molecule has 0 spiro atoms. The van der Waals surface area contributed by atoms with Gasteiger partial charge < -0.3 is 0 Å². The Morgan fingerprint density at radius 1 is 1.04 bits per heavy atom. The highest BCUT2D eigenvalue weighted by molar-refractivity contribution is 8.68. The van der Waals surface area contributed by atoms with Crippen molar-refractivity contribution in [1.82, 2.24) is 0 Å². The molecule has 9 heteroatoms. The third kappa shape index (κ3) is 5.63. The van der Waals surface area contributed by atoms with Crippen molar-refractivity contribution in [2.24, 2.45) is 5.92 Å². The quantitative estimate of drug-likeness (QED) is 0.545. The van der Waals surface area contributed by atoms with Crippen molar-refractivity contribution in [2.75, 3.05) is 5.75 Å². The molecule has 2 atom stereocenters. The second kappa shape index (κ2) is 7.74. The summed E-state index contributed by atoms with van der Waals surface area (Å²) in [5.41, 5.74) is 0. The van der Waals surface area contributed by atoms with E-state index in [2.05, 4.69) is 4.18 Å². The second-order valence-corrected chi connectivity index (χ2v) is 11.3. The zero-order valence-electron chi connectivity index (χ0n) is 12.8. The van der Waals surface area contributed by atoms with Gasteiger partial charge in [-0.1, -0.05) is 19.3 Å². The molecule has 2 saturated carbocycles. The van der Waals surface area contributed by atoms with Crippen molar-refractivity contribution >= 4 is 24.9 Å². The first kappa shape index (κ1) is 19.1. The molecular formula is C14H22F3O4S2+. The first-order chi connectivity index (χ1) is 10.7. The number of halogens is 3. The Hall–Kier alpha value is -0.280. The fourth-order valence-corrected chi connectivity index (χ4v) is 8.99. The van der Waals surface area contributed by atoms with E-state index < -0.39 is 30.7 Å². The highest BCUT2D eigenvalue weighted by Gasteiger charge is 2.54. The van der Waals surface area contributed by atoms with Gasteiger partial charge in [0.1, 0.15) is 5.75 Å². The van der Waals surface area contributed by atoms with Crippen LogP contribution in [0.4, 0.5) is 13.2 Å². The predicted molar refractivity (Wildman–Crippen MR) is 82.1 cm³/mol. The third-order valence-corrected chi connectivity index (χ3v) is 10.1. The van der Waals surface area contributed by atoms with Crippen molar-refractivity contribution in [2.45, 2.75) is 69.4 Å². The van der Waals surface area contributed by atoms with Crippen LogP contribution >= 0.6 is 0 Å². The van der Waals surface area contributed by atoms with E-state index >= 15 is 0 Å². The van der Waals surface area contributed by atoms with Crippen molar-refractivity contribution in [1.29, 1.82) is 0 Å². The molecule has 4 nitrogen and oxygen atoms in total. The average molecular weight is 375 g/mol. The number of alkyl halides is 3. The molecule has 2 fully saturated rings. The lowest BCUT2D eigenvalue weighted by Crippen LogP contribution is -2.43. The monoisotopic (exact) mass is 375 g/mol. The Morgan fingerprint density at radius 2 is 1.65 bits per heavy atom. The van der Waals surface area contributed by atoms with Crippen LogP contribution in [0.3, 0.4) is 0 Å². The molecule has 2 unspecified atom stereocenters. The number of Topliss-reactive ketones (excluding diaryl/α,β-unsaturated/α-hetero) is 1. The molecule has 0 N–H and O–H groups in total. The zero-order chi connectivity index (χ0) is 17.1. The lowest BCUT2D eigenvalue weighted by molar-refractivity contribution is -0.270. The van der Waals surface area contributed by atoms with Crippen LogP contribution in [0.15, 0.2) is 0 Å². The number of carbonyl (C=O) groups is 1. The summed E-state index contributed by atoms with van der Waals surface area (Å²) in [4.78, 5) is 12.1. The van der Waals surface area contributed by atoms with Gasteiger partial charge in [-0.2, -0.15) is 0 Å². The summed E-state index contributed by atoms with van der Waals surface area (Å²) in [5, 5.41) is -0.835. The van der Waals surface area contributed by atoms with Crippen molar-refractivity contribution in [3.8, 4) is 0 Å². The molecular weight excluding hydrogens is 353 g/mol. The summed E-state index contributed by atoms with van der Waals surface area (Å²) in [5.74, 6) is -0.0485. The van der Waals surface area contributed by atoms with Crippen LogP contribution in [-0.4, -0.2) is 31.6 Å². The summed E-state index contributed by atoms with van der Waals surface area (Å²) >= 11 is 0. The maximum Gasteiger partial charge on any atom is 0.540 e. The smallest absolute Gasteiger partial charge is 0.294 e. The first-order valence-corrected chi connectivity index (χ1v) is 11.3. The number of ketones is 1. The van der Waals surface area contributed by atoms with E-state index in [0.717, 1.165) is 32.1 Å². The molecule has 0 aromatic rings. The van der Waals surface area contributed by atoms with Gasteiger partial charge in [0.15, 0.2) is 21.0 Å². The lowest BCUT2D eigenvalue weighted by atomic mass is 9.91. The van der Waals surface area contributed by atoms with E-state index in [9.17, 15) is 26.4 Å². The van der Waals surface area contributed by atoms with Gasteiger partial charge in [0.05, 0.1) is 0 Å². The van der Waals surface area contributed by atoms with Crippen LogP contribution in [0.1, 0.15) is 57.8 Å². The van der Waals surface area contributed by atoms with Gasteiger partial charge >= 0.3 is 15.5 Å². The van der Waals surface area contributed by atoms with E-state index in [-0.39, 0.29) is 23.9 Å². The molecule has 0 radical (unpaired) electrons. The van der Waals surface area contributed by atoms with Gasteiger partial charge in [-0.25, -0.2) is 0 Å². The molecule has 0 aromatic heterocycles. The van der Waals surface area contributed by atoms with Crippen molar-refractivity contribution in [3.63, 3.8) is 0 Å². The van der Waals surface area contributed by atoms with Crippen LogP contribution in [0.25, 0.3) is 0 Å². The Morgan fingerprint density at radius 3 is 2.22 bits per heavy atom. The molecule has 134 valence electrons. The molecule has 2 aliphatic carbocycles. The topological polar surface area (TPSA) is 60.4 Å². The average Bonchev–Trinajstić information content (AvgIpc) is 2.44. The van der Waals surface area contributed by atoms with Gasteiger partial charge in [-0.3, -0.25) is 4.79 Å². The predicted octanol–water partition coefficient (Wildman–Crippen LogP) is 3.48. The Labute approximate surface area is 137 Å². The minimum atomic E-state index is -5.24. The van der Waals surface area contributed by atoms with Crippen LogP contribution < -0.4 is 0 Å². The first-order valence-electron chi connectivity index (χ1n) is 7.94. The third-order valence-electron chi connectivity index (χ3n) is 4.40. The summed E-state index contributed by atoms with van der Waals surface area (Å²) in [6, 6.07) is 0. The summed E-state index contributed by atoms with van der Waals surface area (Å²) < 4.78 is 65.2. The number of carbonyl (C=O) groups excluding carboxylic acids is 1. The standard InChI is InChI=1S/C14H22F3O4S2/c15-14(16,17)21-23(19,20)22(10-11-6-2-1-3-7-11)13-9-5-4-8-12(13)18/h11,13H,1-10H2/q+1. The van der Waals surface area contributed by atoms with Crippen molar-refractivity contribution in [3.05, 3.63) is 0 Å². The van der Waals surface area contributed by atoms with E-state index in [0.29, 0.717) is 19.3 Å². The molecule has 2 rings (SSSR count). The second-order valence-electron chi connectivity index (χ2n) is 6.19. The van der Waals surface area contributed by atoms with E-state index in [1.807, 2.05) is 0 Å². The minimum Gasteiger partial charge on any atom is -0.294 e. The molecule has 0 aliphatic heterocycles. The lowest BCUT2D eigenvalue weighted by Gasteiger charge is -2.25. The number of hydrogen-bond acceptors (Lipinski definition) is 4. The molecule has 2 aliphatic rings. The van der Waals surface area contributed by atoms with Gasteiger partial charge in [-0.05, 0) is 25.7 Å². The van der Waals surface area contributed by atoms with E-state index in [1.165, 1.54) is 0 Å². The SMILES string of the molecule is O=C1CCCCC1[S+](CC1CCCCC1)S(=O)(=O)OC(F)(F)F. The van der Waals surface area contributed by atoms with Crippen LogP contribution in [0.5, 0.6) is 0 Å². The van der Waals surface area contributed by atoms with Crippen molar-refractivity contribution < 1.29 is 30.6 Å². The fourth-order valence-electron chi connectivity index (χ4n) is 3.32. The summed E-state index contributed by atoms with van der Waals surface area (Å²) in [6.45, 7) is 0. The molecule has 0 bridgehead atoms. The molecule has 23 heavy (non-hydrogen) atoms. The molecule has 0 aromatic carbocycles. The maximum absolute atomic E-state index is 12.5. The highest BCUT2D eigenvalue weighted by atomic mass is 33.2. The molecule has 0 amide bonds. The summed E-state index contributed by atoms with van der Waals surface area (Å²) in [7, 11) is -6.54. The van der Waals surface area contributed by atoms with Gasteiger partial charge in [0.25, 0.3) is 0 Å². The normalized spacial score (nSPS) is 26.2. The van der Waals surface area contributed by atoms with E-state index in [1.54, 1.807) is 0 Å². The molecule has 0 saturated heterocycles. The Balaban J connectivity index is 2.20. The minimum absolute atomic E-state index is 0.0634. The van der Waals surface area contributed by atoms with Gasteiger partial charge in [0, 0.05) is 18.8 Å². The largest absolute Gasteiger partial charge is 0.540 e. The van der Waals surface area contributed by atoms with E-state index in [4.69, 9.17) is 0 Å². The van der Waals surface area contributed by atoms with Crippen LogP contribution in [0.2, 0.25) is 0 Å². The Kier molecular flexibility index (Phi) is 6.41. The zero-order valence-corrected chi connectivity index (χ0v) is 14.4. The van der Waals surface area contributed by atoms with Gasteiger partial charge in [0.2, 0.25) is 0 Å². The number of rotatable bonds is 5. The highest BCUT2D eigenvalue weighted by Crippen LogP contribution is 2.35. The summed E-state index contributed by atoms with van der Waals surface area (Å²) in [6.07, 6.45) is 1.31. The van der Waals surface area contributed by atoms with Crippen LogP contribution in [-0.2, 0) is 28.1 Å². The number of hydrogen-bond donors (Lipinski definition) is 0. The van der Waals surface area contributed by atoms with Gasteiger partial charge in [-0.15, -0.1) is 25.8 Å². The maximum atomic E-state index is 12.5. The fraction of sp³-hybridized carbons (Fsp3) is 0.929. The van der Waals surface area contributed by atoms with Crippen LogP contribution in [0, 0.1) is 5.92 Å².